The van der Waals surface area contributed by atoms with E-state index >= 15 is 0 Å². The van der Waals surface area contributed by atoms with Crippen LogP contribution in [-0.2, 0) is 6.42 Å². The van der Waals surface area contributed by atoms with Gasteiger partial charge in [-0.05, 0) is 51.4 Å². The third-order valence-electron chi connectivity index (χ3n) is 4.54. The molecule has 0 spiro atoms. The number of likely N-dealkylation sites (N-methyl/N-ethyl adjacent to an activating group) is 1. The van der Waals surface area contributed by atoms with Gasteiger partial charge in [0.2, 0.25) is 0 Å². The van der Waals surface area contributed by atoms with Gasteiger partial charge in [0.1, 0.15) is 0 Å². The van der Waals surface area contributed by atoms with Crippen molar-refractivity contribution in [1.82, 2.24) is 9.80 Å². The summed E-state index contributed by atoms with van der Waals surface area (Å²) in [6.07, 6.45) is 3.61. The molecule has 2 atom stereocenters. The molecule has 0 aromatic heterocycles. The lowest BCUT2D eigenvalue weighted by Crippen LogP contribution is -2.41. The van der Waals surface area contributed by atoms with Crippen molar-refractivity contribution < 1.29 is 0 Å². The van der Waals surface area contributed by atoms with Crippen LogP contribution in [0.5, 0.6) is 0 Å². The minimum atomic E-state index is 0.501. The van der Waals surface area contributed by atoms with Crippen LogP contribution in [0.15, 0.2) is 30.3 Å². The van der Waals surface area contributed by atoms with Gasteiger partial charge in [0, 0.05) is 25.7 Å². The molecule has 0 saturated carbocycles. The number of nitrogens with two attached hydrogens (primary N) is 1. The third kappa shape index (κ3) is 4.58. The van der Waals surface area contributed by atoms with Crippen molar-refractivity contribution in [1.29, 1.82) is 0 Å². The zero-order valence-corrected chi connectivity index (χ0v) is 13.0. The molecule has 1 aromatic carbocycles. The number of nitrogens with zero attached hydrogens (tertiary/aromatic N) is 2. The van der Waals surface area contributed by atoms with Crippen LogP contribution in [0.25, 0.3) is 0 Å². The highest BCUT2D eigenvalue weighted by atomic mass is 15.2. The Morgan fingerprint density at radius 3 is 2.70 bits per heavy atom. The van der Waals surface area contributed by atoms with Crippen molar-refractivity contribution in [3.05, 3.63) is 35.9 Å². The third-order valence-corrected chi connectivity index (χ3v) is 4.54. The van der Waals surface area contributed by atoms with E-state index in [2.05, 4.69) is 54.2 Å². The molecular formula is C17H29N3. The van der Waals surface area contributed by atoms with Crippen molar-refractivity contribution in [2.45, 2.75) is 25.3 Å². The summed E-state index contributed by atoms with van der Waals surface area (Å²) < 4.78 is 0. The molecule has 1 heterocycles. The predicted molar refractivity (Wildman–Crippen MR) is 85.8 cm³/mol. The molecule has 1 aliphatic heterocycles. The highest BCUT2D eigenvalue weighted by Crippen LogP contribution is 2.17. The van der Waals surface area contributed by atoms with E-state index in [1.54, 1.807) is 0 Å². The van der Waals surface area contributed by atoms with Crippen LogP contribution >= 0.6 is 0 Å². The van der Waals surface area contributed by atoms with Crippen molar-refractivity contribution in [3.8, 4) is 0 Å². The number of hydrogen-bond donors (Lipinski definition) is 1. The molecule has 0 radical (unpaired) electrons. The number of benzene rings is 1. The molecule has 2 rings (SSSR count). The highest BCUT2D eigenvalue weighted by molar-refractivity contribution is 5.14. The average Bonchev–Trinajstić information content (AvgIpc) is 2.86. The Labute approximate surface area is 123 Å². The van der Waals surface area contributed by atoms with Crippen LogP contribution in [0.3, 0.4) is 0 Å². The van der Waals surface area contributed by atoms with Gasteiger partial charge in [-0.3, -0.25) is 0 Å². The highest BCUT2D eigenvalue weighted by Gasteiger charge is 2.23. The first-order valence-electron chi connectivity index (χ1n) is 7.82. The molecule has 1 aliphatic rings. The van der Waals surface area contributed by atoms with Gasteiger partial charge in [-0.15, -0.1) is 0 Å². The molecule has 0 aliphatic carbocycles. The SMILES string of the molecule is CN1CCC(CN(C)C(CN)CCc2ccccc2)C1. The van der Waals surface area contributed by atoms with Gasteiger partial charge in [0.25, 0.3) is 0 Å². The Morgan fingerprint density at radius 2 is 2.10 bits per heavy atom. The maximum atomic E-state index is 5.99. The topological polar surface area (TPSA) is 32.5 Å². The fourth-order valence-electron chi connectivity index (χ4n) is 3.23. The second kappa shape index (κ2) is 7.77. The van der Waals surface area contributed by atoms with Crippen LogP contribution in [0.1, 0.15) is 18.4 Å². The summed E-state index contributed by atoms with van der Waals surface area (Å²) in [6.45, 7) is 4.42. The van der Waals surface area contributed by atoms with E-state index in [-0.39, 0.29) is 0 Å². The van der Waals surface area contributed by atoms with E-state index in [1.165, 1.54) is 31.6 Å². The predicted octanol–water partition coefficient (Wildman–Crippen LogP) is 1.83. The standard InChI is InChI=1S/C17H29N3/c1-19-11-10-16(13-19)14-20(2)17(12-18)9-8-15-6-4-3-5-7-15/h3-7,16-17H,8-14,18H2,1-2H3. The summed E-state index contributed by atoms with van der Waals surface area (Å²) in [5, 5.41) is 0. The minimum absolute atomic E-state index is 0.501. The van der Waals surface area contributed by atoms with Crippen molar-refractivity contribution in [2.24, 2.45) is 11.7 Å². The van der Waals surface area contributed by atoms with Crippen LogP contribution < -0.4 is 5.73 Å². The lowest BCUT2D eigenvalue weighted by Gasteiger charge is -2.29. The molecule has 112 valence electrons. The van der Waals surface area contributed by atoms with Crippen LogP contribution in [0, 0.1) is 5.92 Å². The lowest BCUT2D eigenvalue weighted by molar-refractivity contribution is 0.201. The molecule has 20 heavy (non-hydrogen) atoms. The number of aryl methyl sites for hydroxylation is 1. The Morgan fingerprint density at radius 1 is 1.35 bits per heavy atom. The van der Waals surface area contributed by atoms with E-state index in [0.29, 0.717) is 6.04 Å². The lowest BCUT2D eigenvalue weighted by atomic mass is 10.0. The fourth-order valence-corrected chi connectivity index (χ4v) is 3.23. The largest absolute Gasteiger partial charge is 0.329 e. The van der Waals surface area contributed by atoms with Crippen LogP contribution in [0.2, 0.25) is 0 Å². The molecule has 1 fully saturated rings. The molecule has 2 unspecified atom stereocenters. The van der Waals surface area contributed by atoms with Crippen molar-refractivity contribution in [3.63, 3.8) is 0 Å². The first kappa shape index (κ1) is 15.5. The van der Waals surface area contributed by atoms with Gasteiger partial charge in [-0.1, -0.05) is 30.3 Å². The second-order valence-corrected chi connectivity index (χ2v) is 6.27. The summed E-state index contributed by atoms with van der Waals surface area (Å²) in [6, 6.07) is 11.2. The Kier molecular flexibility index (Phi) is 6.02. The Hall–Kier alpha value is -0.900. The molecule has 1 aromatic rings. The first-order chi connectivity index (χ1) is 9.69. The number of hydrogen-bond acceptors (Lipinski definition) is 3. The van der Waals surface area contributed by atoms with Gasteiger partial charge in [-0.2, -0.15) is 0 Å². The van der Waals surface area contributed by atoms with E-state index in [4.69, 9.17) is 5.73 Å². The monoisotopic (exact) mass is 275 g/mol. The van der Waals surface area contributed by atoms with E-state index in [9.17, 15) is 0 Å². The minimum Gasteiger partial charge on any atom is -0.329 e. The van der Waals surface area contributed by atoms with Gasteiger partial charge < -0.3 is 15.5 Å². The Balaban J connectivity index is 1.78. The summed E-state index contributed by atoms with van der Waals surface area (Å²) in [5.41, 5.74) is 7.40. The maximum absolute atomic E-state index is 5.99. The second-order valence-electron chi connectivity index (χ2n) is 6.27. The zero-order chi connectivity index (χ0) is 14.4. The summed E-state index contributed by atoms with van der Waals surface area (Å²) in [7, 11) is 4.46. The quantitative estimate of drug-likeness (QED) is 0.824. The first-order valence-corrected chi connectivity index (χ1v) is 7.82. The van der Waals surface area contributed by atoms with Gasteiger partial charge in [0.05, 0.1) is 0 Å². The normalized spacial score (nSPS) is 21.5. The summed E-state index contributed by atoms with van der Waals surface area (Å²) in [4.78, 5) is 4.91. The van der Waals surface area contributed by atoms with Crippen LogP contribution in [0.4, 0.5) is 0 Å². The zero-order valence-electron chi connectivity index (χ0n) is 13.0. The molecule has 1 saturated heterocycles. The van der Waals surface area contributed by atoms with Gasteiger partial charge >= 0.3 is 0 Å². The fraction of sp³-hybridized carbons (Fsp3) is 0.647. The van der Waals surface area contributed by atoms with Crippen molar-refractivity contribution >= 4 is 0 Å². The maximum Gasteiger partial charge on any atom is 0.0218 e. The van der Waals surface area contributed by atoms with E-state index in [1.807, 2.05) is 0 Å². The van der Waals surface area contributed by atoms with E-state index in [0.717, 1.165) is 25.3 Å². The molecule has 0 amide bonds. The summed E-state index contributed by atoms with van der Waals surface area (Å²) in [5.74, 6) is 0.816. The molecule has 3 heteroatoms. The molecule has 2 N–H and O–H groups in total. The van der Waals surface area contributed by atoms with Crippen LogP contribution in [-0.4, -0.2) is 56.1 Å². The average molecular weight is 275 g/mol. The number of rotatable bonds is 7. The molecule has 0 bridgehead atoms. The molecular weight excluding hydrogens is 246 g/mol. The van der Waals surface area contributed by atoms with Crippen molar-refractivity contribution in [2.75, 3.05) is 40.3 Å². The molecule has 3 nitrogen and oxygen atoms in total. The van der Waals surface area contributed by atoms with Gasteiger partial charge in [-0.25, -0.2) is 0 Å². The van der Waals surface area contributed by atoms with E-state index < -0.39 is 0 Å². The van der Waals surface area contributed by atoms with Gasteiger partial charge in [0.15, 0.2) is 0 Å². The number of likely N-dealkylation sites (tertiary alicyclic amines) is 1. The Bertz CT molecular complexity index is 379. The summed E-state index contributed by atoms with van der Waals surface area (Å²) >= 11 is 0. The smallest absolute Gasteiger partial charge is 0.0218 e.